The molecule has 8 heteroatoms. The van der Waals surface area contributed by atoms with Crippen LogP contribution in [-0.4, -0.2) is 43.7 Å². The Morgan fingerprint density at radius 2 is 2.11 bits per heavy atom. The molecule has 2 rings (SSSR count). The van der Waals surface area contributed by atoms with E-state index in [1.165, 1.54) is 10.6 Å². The van der Waals surface area contributed by atoms with Crippen LogP contribution in [0.4, 0.5) is 0 Å². The molecule has 0 radical (unpaired) electrons. The number of rotatable bonds is 2. The van der Waals surface area contributed by atoms with Crippen LogP contribution in [0.3, 0.4) is 0 Å². The molecule has 0 aromatic rings. The first kappa shape index (κ1) is 13.3. The molecule has 0 aromatic carbocycles. The van der Waals surface area contributed by atoms with Crippen molar-refractivity contribution in [1.82, 2.24) is 9.62 Å². The van der Waals surface area contributed by atoms with Gasteiger partial charge in [-0.3, -0.25) is 5.73 Å². The average Bonchev–Trinajstić information content (AvgIpc) is 2.28. The number of nitrogens with two attached hydrogens (primary N) is 2. The van der Waals surface area contributed by atoms with E-state index in [0.29, 0.717) is 31.8 Å². The van der Waals surface area contributed by atoms with E-state index in [1.54, 1.807) is 12.3 Å². The third-order valence-electron chi connectivity index (χ3n) is 3.43. The Kier molecular flexibility index (Phi) is 3.35. The minimum Gasteiger partial charge on any atom is -0.384 e. The SMILES string of the molecule is CS(=O)(=O)N1CCC(C2(N)N=C(N)C=CN2)CC1. The zero-order valence-electron chi connectivity index (χ0n) is 10.3. The summed E-state index contributed by atoms with van der Waals surface area (Å²) in [6.07, 6.45) is 5.90. The van der Waals surface area contributed by atoms with Gasteiger partial charge in [-0.25, -0.2) is 17.7 Å². The van der Waals surface area contributed by atoms with Gasteiger partial charge in [-0.1, -0.05) is 0 Å². The van der Waals surface area contributed by atoms with E-state index < -0.39 is 15.8 Å². The molecule has 0 aromatic heterocycles. The highest BCUT2D eigenvalue weighted by molar-refractivity contribution is 7.88. The fraction of sp³-hybridized carbons (Fsp3) is 0.700. The van der Waals surface area contributed by atoms with Crippen molar-refractivity contribution in [1.29, 1.82) is 0 Å². The normalized spacial score (nSPS) is 30.9. The van der Waals surface area contributed by atoms with Gasteiger partial charge in [-0.15, -0.1) is 0 Å². The van der Waals surface area contributed by atoms with Crippen LogP contribution in [0.1, 0.15) is 12.8 Å². The topological polar surface area (TPSA) is 114 Å². The summed E-state index contributed by atoms with van der Waals surface area (Å²) in [6, 6.07) is 0. The van der Waals surface area contributed by atoms with E-state index in [2.05, 4.69) is 10.3 Å². The van der Waals surface area contributed by atoms with E-state index in [9.17, 15) is 8.42 Å². The molecule has 0 bridgehead atoms. The van der Waals surface area contributed by atoms with Gasteiger partial charge >= 0.3 is 0 Å². The van der Waals surface area contributed by atoms with Gasteiger partial charge in [-0.2, -0.15) is 0 Å². The van der Waals surface area contributed by atoms with Gasteiger partial charge in [0.1, 0.15) is 5.84 Å². The molecule has 2 aliphatic rings. The van der Waals surface area contributed by atoms with E-state index in [0.717, 1.165) is 0 Å². The fourth-order valence-corrected chi connectivity index (χ4v) is 3.25. The largest absolute Gasteiger partial charge is 0.384 e. The molecule has 0 amide bonds. The molecular weight excluding hydrogens is 254 g/mol. The minimum atomic E-state index is -3.11. The van der Waals surface area contributed by atoms with Gasteiger partial charge in [0.05, 0.1) is 6.26 Å². The van der Waals surface area contributed by atoms with Crippen molar-refractivity contribution in [3.63, 3.8) is 0 Å². The maximum Gasteiger partial charge on any atom is 0.211 e. The van der Waals surface area contributed by atoms with Crippen molar-refractivity contribution >= 4 is 15.9 Å². The van der Waals surface area contributed by atoms with Gasteiger partial charge in [0, 0.05) is 25.2 Å². The Labute approximate surface area is 107 Å². The second kappa shape index (κ2) is 4.52. The lowest BCUT2D eigenvalue weighted by Gasteiger charge is -2.40. The Balaban J connectivity index is 2.04. The average molecular weight is 273 g/mol. The second-order valence-electron chi connectivity index (χ2n) is 4.78. The van der Waals surface area contributed by atoms with Crippen molar-refractivity contribution in [3.8, 4) is 0 Å². The molecule has 0 aliphatic carbocycles. The van der Waals surface area contributed by atoms with E-state index in [-0.39, 0.29) is 5.92 Å². The maximum absolute atomic E-state index is 11.4. The van der Waals surface area contributed by atoms with Crippen LogP contribution >= 0.6 is 0 Å². The lowest BCUT2D eigenvalue weighted by molar-refractivity contribution is 0.163. The third-order valence-corrected chi connectivity index (χ3v) is 4.73. The van der Waals surface area contributed by atoms with Crippen LogP contribution in [0.5, 0.6) is 0 Å². The summed E-state index contributed by atoms with van der Waals surface area (Å²) in [6.45, 7) is 0.951. The van der Waals surface area contributed by atoms with Crippen molar-refractivity contribution in [2.45, 2.75) is 18.6 Å². The molecule has 0 saturated carbocycles. The highest BCUT2D eigenvalue weighted by Gasteiger charge is 2.38. The number of sulfonamides is 1. The van der Waals surface area contributed by atoms with Crippen LogP contribution in [0.25, 0.3) is 0 Å². The highest BCUT2D eigenvalue weighted by Crippen LogP contribution is 2.28. The van der Waals surface area contributed by atoms with E-state index in [4.69, 9.17) is 11.5 Å². The number of piperidine rings is 1. The molecule has 1 saturated heterocycles. The zero-order chi connectivity index (χ0) is 13.4. The molecule has 18 heavy (non-hydrogen) atoms. The quantitative estimate of drug-likeness (QED) is 0.581. The van der Waals surface area contributed by atoms with Crippen LogP contribution in [0.15, 0.2) is 17.3 Å². The summed E-state index contributed by atoms with van der Waals surface area (Å²) >= 11 is 0. The van der Waals surface area contributed by atoms with Crippen molar-refractivity contribution in [3.05, 3.63) is 12.3 Å². The van der Waals surface area contributed by atoms with Crippen LogP contribution in [0.2, 0.25) is 0 Å². The summed E-state index contributed by atoms with van der Waals surface area (Å²) in [7, 11) is -3.11. The lowest BCUT2D eigenvalue weighted by Crippen LogP contribution is -2.60. The summed E-state index contributed by atoms with van der Waals surface area (Å²) in [5.74, 6) is -0.455. The Bertz CT molecular complexity index is 478. The summed E-state index contributed by atoms with van der Waals surface area (Å²) in [4.78, 5) is 4.23. The standard InChI is InChI=1S/C10H19N5O2S/c1-18(16,17)15-6-3-8(4-7-15)10(12)13-5-2-9(11)14-10/h2,5,8,13H,3-4,6-7,12H2,1H3,(H2,11,14). The van der Waals surface area contributed by atoms with Gasteiger partial charge in [-0.05, 0) is 18.9 Å². The first-order valence-corrected chi connectivity index (χ1v) is 7.70. The van der Waals surface area contributed by atoms with Crippen molar-refractivity contribution in [2.24, 2.45) is 22.4 Å². The summed E-state index contributed by atoms with van der Waals surface area (Å²) < 4.78 is 24.3. The Morgan fingerprint density at radius 3 is 2.61 bits per heavy atom. The molecule has 1 unspecified atom stereocenters. The first-order valence-electron chi connectivity index (χ1n) is 5.85. The zero-order valence-corrected chi connectivity index (χ0v) is 11.2. The summed E-state index contributed by atoms with van der Waals surface area (Å²) in [5.41, 5.74) is 11.8. The molecule has 5 N–H and O–H groups in total. The monoisotopic (exact) mass is 273 g/mol. The van der Waals surface area contributed by atoms with E-state index >= 15 is 0 Å². The maximum atomic E-state index is 11.4. The highest BCUT2D eigenvalue weighted by atomic mass is 32.2. The smallest absolute Gasteiger partial charge is 0.211 e. The number of nitrogens with one attached hydrogen (secondary N) is 1. The predicted molar refractivity (Wildman–Crippen MR) is 70.0 cm³/mol. The predicted octanol–water partition coefficient (Wildman–Crippen LogP) is -1.26. The van der Waals surface area contributed by atoms with E-state index in [1.807, 2.05) is 0 Å². The molecule has 7 nitrogen and oxygen atoms in total. The lowest BCUT2D eigenvalue weighted by atomic mass is 9.90. The van der Waals surface area contributed by atoms with Gasteiger partial charge in [0.25, 0.3) is 0 Å². The van der Waals surface area contributed by atoms with Gasteiger partial charge < -0.3 is 11.1 Å². The number of amidine groups is 1. The Hall–Kier alpha value is -1.12. The first-order chi connectivity index (χ1) is 8.31. The molecule has 102 valence electrons. The number of nitrogens with zero attached hydrogens (tertiary/aromatic N) is 2. The van der Waals surface area contributed by atoms with Gasteiger partial charge in [0.15, 0.2) is 5.79 Å². The molecule has 1 fully saturated rings. The summed E-state index contributed by atoms with van der Waals surface area (Å²) in [5, 5.41) is 3.01. The Morgan fingerprint density at radius 1 is 1.50 bits per heavy atom. The fourth-order valence-electron chi connectivity index (χ4n) is 2.38. The minimum absolute atomic E-state index is 0.0685. The number of hydrogen-bond acceptors (Lipinski definition) is 6. The number of aliphatic imine (C=N–C) groups is 1. The molecule has 2 aliphatic heterocycles. The van der Waals surface area contributed by atoms with Crippen LogP contribution in [-0.2, 0) is 10.0 Å². The molecule has 2 heterocycles. The van der Waals surface area contributed by atoms with Crippen molar-refractivity contribution < 1.29 is 8.42 Å². The molecule has 1 atom stereocenters. The van der Waals surface area contributed by atoms with Crippen LogP contribution in [0, 0.1) is 5.92 Å². The van der Waals surface area contributed by atoms with Gasteiger partial charge in [0.2, 0.25) is 10.0 Å². The number of hydrogen-bond donors (Lipinski definition) is 3. The molecular formula is C10H19N5O2S. The van der Waals surface area contributed by atoms with Crippen molar-refractivity contribution in [2.75, 3.05) is 19.3 Å². The van der Waals surface area contributed by atoms with Crippen LogP contribution < -0.4 is 16.8 Å². The third kappa shape index (κ3) is 2.65. The second-order valence-corrected chi connectivity index (χ2v) is 6.76. The molecule has 0 spiro atoms.